The zero-order chi connectivity index (χ0) is 14.6. The molecule has 2 aromatic rings. The van der Waals surface area contributed by atoms with Gasteiger partial charge < -0.3 is 9.05 Å². The first-order chi connectivity index (χ1) is 9.60. The average Bonchev–Trinajstić information content (AvgIpc) is 2.83. The van der Waals surface area contributed by atoms with Crippen LogP contribution in [0.4, 0.5) is 0 Å². The van der Waals surface area contributed by atoms with E-state index in [1.165, 1.54) is 11.3 Å². The van der Waals surface area contributed by atoms with Crippen molar-refractivity contribution in [1.82, 2.24) is 4.98 Å². The normalized spacial score (nSPS) is 11.8. The van der Waals surface area contributed by atoms with Gasteiger partial charge in [-0.25, -0.2) is 4.98 Å². The van der Waals surface area contributed by atoms with Gasteiger partial charge in [0.25, 0.3) is 0 Å². The van der Waals surface area contributed by atoms with E-state index in [0.717, 1.165) is 10.6 Å². The molecule has 0 saturated heterocycles. The average molecular weight is 348 g/mol. The second kappa shape index (κ2) is 7.12. The molecule has 7 heteroatoms. The predicted molar refractivity (Wildman–Crippen MR) is 89.7 cm³/mol. The molecule has 0 unspecified atom stereocenters. The molecule has 1 aromatic carbocycles. The molecule has 0 atom stereocenters. The Balaban J connectivity index is 2.43. The molecule has 108 valence electrons. The Hall–Kier alpha value is -0.290. The highest BCUT2D eigenvalue weighted by Gasteiger charge is 2.28. The quantitative estimate of drug-likeness (QED) is 0.721. The highest BCUT2D eigenvalue weighted by atomic mass is 35.5. The summed E-state index contributed by atoms with van der Waals surface area (Å²) in [7, 11) is 0. The van der Waals surface area contributed by atoms with Crippen LogP contribution in [-0.4, -0.2) is 18.2 Å². The number of hydrogen-bond donors (Lipinski definition) is 0. The van der Waals surface area contributed by atoms with Gasteiger partial charge in [0.15, 0.2) is 5.44 Å². The number of aromatic nitrogens is 1. The maximum absolute atomic E-state index is 6.31. The van der Waals surface area contributed by atoms with Crippen LogP contribution in [0.25, 0.3) is 10.6 Å². The maximum atomic E-state index is 6.31. The van der Waals surface area contributed by atoms with Crippen LogP contribution in [0.5, 0.6) is 0 Å². The lowest BCUT2D eigenvalue weighted by atomic mass is 10.2. The summed E-state index contributed by atoms with van der Waals surface area (Å²) in [6.45, 7) is 2.12. The van der Waals surface area contributed by atoms with E-state index >= 15 is 0 Å². The van der Waals surface area contributed by atoms with E-state index < -0.39 is 6.49 Å². The van der Waals surface area contributed by atoms with Crippen LogP contribution < -0.4 is 5.44 Å². The lowest BCUT2D eigenvalue weighted by molar-refractivity contribution is 0.274. The van der Waals surface area contributed by atoms with Gasteiger partial charge in [-0.05, 0) is 25.7 Å². The Labute approximate surface area is 133 Å². The van der Waals surface area contributed by atoms with Crippen LogP contribution in [0, 0.1) is 0 Å². The van der Waals surface area contributed by atoms with Crippen molar-refractivity contribution < 1.29 is 9.05 Å². The number of thiazole rings is 1. The zero-order valence-corrected chi connectivity index (χ0v) is 14.5. The molecule has 0 aliphatic rings. The van der Waals surface area contributed by atoms with Crippen molar-refractivity contribution in [3.63, 3.8) is 0 Å². The Kier molecular flexibility index (Phi) is 5.73. The second-order valence-corrected chi connectivity index (χ2v) is 8.79. The van der Waals surface area contributed by atoms with Gasteiger partial charge >= 0.3 is 0 Å². The van der Waals surface area contributed by atoms with Gasteiger partial charge in [-0.3, -0.25) is 0 Å². The fraction of sp³-hybridized carbons (Fsp3) is 0.308. The fourth-order valence-electron chi connectivity index (χ4n) is 1.67. The third-order valence-corrected chi connectivity index (χ3v) is 7.22. The van der Waals surface area contributed by atoms with E-state index in [9.17, 15) is 0 Å². The molecule has 20 heavy (non-hydrogen) atoms. The monoisotopic (exact) mass is 347 g/mol. The summed E-state index contributed by atoms with van der Waals surface area (Å²) in [4.78, 5) is 4.57. The van der Waals surface area contributed by atoms with Crippen molar-refractivity contribution in [1.29, 1.82) is 0 Å². The lowest BCUT2D eigenvalue weighted by Crippen LogP contribution is -2.12. The summed E-state index contributed by atoms with van der Waals surface area (Å²) < 4.78 is 11.8. The van der Waals surface area contributed by atoms with Crippen LogP contribution in [0.2, 0.25) is 4.34 Å². The van der Waals surface area contributed by atoms with E-state index in [4.69, 9.17) is 32.5 Å². The zero-order valence-electron chi connectivity index (χ0n) is 11.2. The van der Waals surface area contributed by atoms with E-state index in [0.29, 0.717) is 23.0 Å². The molecule has 0 bridgehead atoms. The molecule has 2 rings (SSSR count). The Morgan fingerprint density at radius 1 is 1.20 bits per heavy atom. The molecule has 0 radical (unpaired) electrons. The molecule has 0 N–H and O–H groups in total. The van der Waals surface area contributed by atoms with Crippen molar-refractivity contribution in [2.45, 2.75) is 13.8 Å². The first-order valence-corrected chi connectivity index (χ1v) is 10.1. The SMILES string of the molecule is CCOP(=S)(OCC)c1nc(-c2ccccc2)sc1Cl. The molecule has 0 fully saturated rings. The molecule has 1 aromatic heterocycles. The summed E-state index contributed by atoms with van der Waals surface area (Å²) in [5, 5.41) is 0.833. The van der Waals surface area contributed by atoms with Crippen molar-refractivity contribution >= 4 is 46.7 Å². The van der Waals surface area contributed by atoms with Gasteiger partial charge in [0.05, 0.1) is 13.2 Å². The predicted octanol–water partition coefficient (Wildman–Crippen LogP) is 4.47. The first kappa shape index (κ1) is 16.1. The molecule has 0 saturated carbocycles. The Morgan fingerprint density at radius 2 is 1.80 bits per heavy atom. The standard InChI is InChI=1S/C13H15ClNO2PS2/c1-3-16-18(19,17-4-2)12-11(14)20-13(15-12)10-8-6-5-7-9-10/h5-9H,3-4H2,1-2H3. The minimum atomic E-state index is -2.61. The van der Waals surface area contributed by atoms with E-state index in [2.05, 4.69) is 4.98 Å². The summed E-state index contributed by atoms with van der Waals surface area (Å²) >= 11 is 13.3. The summed E-state index contributed by atoms with van der Waals surface area (Å²) in [5.41, 5.74) is 1.59. The number of halogens is 1. The minimum absolute atomic E-state index is 0.478. The van der Waals surface area contributed by atoms with E-state index in [-0.39, 0.29) is 0 Å². The number of nitrogens with zero attached hydrogens (tertiary/aromatic N) is 1. The fourth-order valence-corrected chi connectivity index (χ4v) is 6.31. The molecule has 1 heterocycles. The van der Waals surface area contributed by atoms with Crippen molar-refractivity contribution in [2.75, 3.05) is 13.2 Å². The van der Waals surface area contributed by atoms with Gasteiger partial charge in [0.1, 0.15) is 9.34 Å². The van der Waals surface area contributed by atoms with Crippen LogP contribution in [-0.2, 0) is 20.9 Å². The molecule has 3 nitrogen and oxygen atoms in total. The number of rotatable bonds is 6. The van der Waals surface area contributed by atoms with Crippen molar-refractivity contribution in [3.05, 3.63) is 34.7 Å². The van der Waals surface area contributed by atoms with Gasteiger partial charge in [0.2, 0.25) is 6.49 Å². The van der Waals surface area contributed by atoms with Gasteiger partial charge in [-0.15, -0.1) is 11.3 Å². The molecule has 0 amide bonds. The minimum Gasteiger partial charge on any atom is -0.325 e. The number of hydrogen-bond acceptors (Lipinski definition) is 5. The van der Waals surface area contributed by atoms with Gasteiger partial charge in [-0.1, -0.05) is 41.9 Å². The highest BCUT2D eigenvalue weighted by molar-refractivity contribution is 8.13. The van der Waals surface area contributed by atoms with Crippen LogP contribution in [0.1, 0.15) is 13.8 Å². The van der Waals surface area contributed by atoms with E-state index in [1.54, 1.807) is 0 Å². The van der Waals surface area contributed by atoms with Crippen LogP contribution in [0.3, 0.4) is 0 Å². The topological polar surface area (TPSA) is 31.4 Å². The van der Waals surface area contributed by atoms with Crippen molar-refractivity contribution in [2.24, 2.45) is 0 Å². The third kappa shape index (κ3) is 3.48. The second-order valence-electron chi connectivity index (χ2n) is 3.82. The highest BCUT2D eigenvalue weighted by Crippen LogP contribution is 2.50. The van der Waals surface area contributed by atoms with Crippen LogP contribution in [0.15, 0.2) is 30.3 Å². The largest absolute Gasteiger partial charge is 0.325 e. The summed E-state index contributed by atoms with van der Waals surface area (Å²) in [6.07, 6.45) is 0. The number of benzene rings is 1. The molecular weight excluding hydrogens is 333 g/mol. The lowest BCUT2D eigenvalue weighted by Gasteiger charge is -2.19. The van der Waals surface area contributed by atoms with Crippen LogP contribution >= 0.6 is 29.4 Å². The van der Waals surface area contributed by atoms with Gasteiger partial charge in [0, 0.05) is 5.56 Å². The smallest absolute Gasteiger partial charge is 0.240 e. The third-order valence-electron chi connectivity index (χ3n) is 2.45. The molecular formula is C13H15ClNO2PS2. The summed E-state index contributed by atoms with van der Waals surface area (Å²) in [6, 6.07) is 9.87. The summed E-state index contributed by atoms with van der Waals surface area (Å²) in [5.74, 6) is 0. The Bertz CT molecular complexity index is 608. The molecule has 0 spiro atoms. The maximum Gasteiger partial charge on any atom is 0.240 e. The molecule has 0 aliphatic carbocycles. The first-order valence-electron chi connectivity index (χ1n) is 6.22. The van der Waals surface area contributed by atoms with E-state index in [1.807, 2.05) is 44.2 Å². The van der Waals surface area contributed by atoms with Crippen molar-refractivity contribution in [3.8, 4) is 10.6 Å². The molecule has 0 aliphatic heterocycles. The van der Waals surface area contributed by atoms with Gasteiger partial charge in [-0.2, -0.15) is 0 Å². The Morgan fingerprint density at radius 3 is 2.35 bits per heavy atom.